The first-order valence-electron chi connectivity index (χ1n) is 15.1. The smallest absolute Gasteiger partial charge is 0.329 e. The Hall–Kier alpha value is -0.360. The summed E-state index contributed by atoms with van der Waals surface area (Å²) in [6.07, 6.45) is 26.9. The molecule has 0 aliphatic rings. The molecule has 216 valence electrons. The summed E-state index contributed by atoms with van der Waals surface area (Å²) in [6.45, 7) is 8.05. The van der Waals surface area contributed by atoms with Gasteiger partial charge in [0.05, 0.1) is 0 Å². The lowest BCUT2D eigenvalue weighted by molar-refractivity contribution is -0.137. The number of carbonyl (C=O) groups is 2. The van der Waals surface area contributed by atoms with Crippen molar-refractivity contribution in [1.29, 1.82) is 0 Å². The van der Waals surface area contributed by atoms with Gasteiger partial charge in [-0.25, -0.2) is 4.79 Å². The van der Waals surface area contributed by atoms with Gasteiger partial charge in [0.2, 0.25) is 0 Å². The average molecular weight is 549 g/mol. The van der Waals surface area contributed by atoms with E-state index in [9.17, 15) is 14.7 Å². The molecule has 0 aromatic heterocycles. The zero-order valence-corrected chi connectivity index (χ0v) is 25.9. The fourth-order valence-corrected chi connectivity index (χ4v) is 6.43. The number of carboxylic acid groups (broad SMARTS) is 2. The van der Waals surface area contributed by atoms with Crippen LogP contribution in [0.3, 0.4) is 0 Å². The van der Waals surface area contributed by atoms with E-state index < -0.39 is 16.0 Å². The third kappa shape index (κ3) is 28.2. The van der Waals surface area contributed by atoms with Crippen LogP contribution >= 0.6 is 23.5 Å². The SMILES string of the molecule is CCC(=O)O.CCCCCCCCCCCCSC(C)(SCCCCCCCCCCCC)C(=O)O. The molecular weight excluding hydrogens is 488 g/mol. The van der Waals surface area contributed by atoms with Crippen molar-refractivity contribution in [1.82, 2.24) is 0 Å². The largest absolute Gasteiger partial charge is 0.481 e. The molecule has 0 aliphatic heterocycles. The maximum Gasteiger partial charge on any atom is 0.329 e. The lowest BCUT2D eigenvalue weighted by Gasteiger charge is -2.23. The molecule has 0 saturated heterocycles. The second-order valence-electron chi connectivity index (χ2n) is 10.1. The minimum absolute atomic E-state index is 0.222. The number of unbranched alkanes of at least 4 members (excludes halogenated alkanes) is 18. The van der Waals surface area contributed by atoms with Crippen LogP contribution < -0.4 is 0 Å². The van der Waals surface area contributed by atoms with Crippen LogP contribution in [0.25, 0.3) is 0 Å². The van der Waals surface area contributed by atoms with Crippen LogP contribution in [0.1, 0.15) is 163 Å². The quantitative estimate of drug-likeness (QED) is 0.0827. The van der Waals surface area contributed by atoms with Crippen molar-refractivity contribution in [2.24, 2.45) is 0 Å². The van der Waals surface area contributed by atoms with Crippen molar-refractivity contribution in [3.8, 4) is 0 Å². The van der Waals surface area contributed by atoms with Gasteiger partial charge in [0.1, 0.15) is 0 Å². The maximum absolute atomic E-state index is 11.8. The summed E-state index contributed by atoms with van der Waals surface area (Å²) in [5, 5.41) is 17.4. The van der Waals surface area contributed by atoms with Gasteiger partial charge >= 0.3 is 11.9 Å². The topological polar surface area (TPSA) is 74.6 Å². The molecule has 0 radical (unpaired) electrons. The molecule has 0 bridgehead atoms. The summed E-state index contributed by atoms with van der Waals surface area (Å²) in [5.74, 6) is 0.556. The van der Waals surface area contributed by atoms with Crippen molar-refractivity contribution in [3.05, 3.63) is 0 Å². The van der Waals surface area contributed by atoms with E-state index in [0.717, 1.165) is 24.3 Å². The van der Waals surface area contributed by atoms with Crippen molar-refractivity contribution in [2.45, 2.75) is 167 Å². The molecule has 0 amide bonds. The maximum atomic E-state index is 11.8. The highest BCUT2D eigenvalue weighted by Crippen LogP contribution is 2.38. The first-order valence-corrected chi connectivity index (χ1v) is 17.0. The molecule has 4 nitrogen and oxygen atoms in total. The van der Waals surface area contributed by atoms with E-state index >= 15 is 0 Å². The van der Waals surface area contributed by atoms with E-state index in [-0.39, 0.29) is 6.42 Å². The van der Waals surface area contributed by atoms with Gasteiger partial charge in [0.15, 0.2) is 4.08 Å². The lowest BCUT2D eigenvalue weighted by Crippen LogP contribution is -2.28. The standard InChI is InChI=1S/C27H54O2S2.C3H6O2/c1-4-6-8-10-12-14-16-18-20-22-24-30-27(3,26(28)29)31-25-23-21-19-17-15-13-11-9-7-5-2;1-2-3(4)5/h4-25H2,1-3H3,(H,28,29);2H2,1H3,(H,4,5). The van der Waals surface area contributed by atoms with E-state index in [1.54, 1.807) is 30.4 Å². The summed E-state index contributed by atoms with van der Waals surface area (Å²) in [5.41, 5.74) is 0. The monoisotopic (exact) mass is 548 g/mol. The Morgan fingerprint density at radius 1 is 0.528 bits per heavy atom. The third-order valence-corrected chi connectivity index (χ3v) is 9.59. The molecule has 0 fully saturated rings. The fourth-order valence-electron chi connectivity index (χ4n) is 3.88. The van der Waals surface area contributed by atoms with E-state index in [2.05, 4.69) is 13.8 Å². The Labute approximate surface area is 232 Å². The second kappa shape index (κ2) is 29.2. The first kappa shape index (κ1) is 37.8. The summed E-state index contributed by atoms with van der Waals surface area (Å²) in [4.78, 5) is 21.2. The Bertz CT molecular complexity index is 460. The molecule has 0 rings (SSSR count). The van der Waals surface area contributed by atoms with E-state index in [1.807, 2.05) is 6.92 Å². The van der Waals surface area contributed by atoms with Gasteiger partial charge in [-0.1, -0.05) is 136 Å². The molecule has 0 aliphatic carbocycles. The Morgan fingerprint density at radius 3 is 1.00 bits per heavy atom. The van der Waals surface area contributed by atoms with Crippen molar-refractivity contribution in [2.75, 3.05) is 11.5 Å². The summed E-state index contributed by atoms with van der Waals surface area (Å²) < 4.78 is -0.668. The fraction of sp³-hybridized carbons (Fsp3) is 0.933. The Morgan fingerprint density at radius 2 is 0.778 bits per heavy atom. The molecule has 0 spiro atoms. The normalized spacial score (nSPS) is 11.2. The molecule has 0 heterocycles. The van der Waals surface area contributed by atoms with Crippen molar-refractivity contribution >= 4 is 35.5 Å². The number of aliphatic carboxylic acids is 2. The molecule has 6 heteroatoms. The van der Waals surface area contributed by atoms with Crippen LogP contribution in [0.4, 0.5) is 0 Å². The summed E-state index contributed by atoms with van der Waals surface area (Å²) >= 11 is 3.31. The highest BCUT2D eigenvalue weighted by atomic mass is 32.2. The minimum atomic E-state index is -0.745. The zero-order valence-electron chi connectivity index (χ0n) is 24.3. The van der Waals surface area contributed by atoms with E-state index in [0.29, 0.717) is 0 Å². The number of carboxylic acids is 2. The molecule has 0 saturated carbocycles. The van der Waals surface area contributed by atoms with E-state index in [4.69, 9.17) is 5.11 Å². The molecule has 0 aromatic rings. The molecule has 36 heavy (non-hydrogen) atoms. The predicted octanol–water partition coefficient (Wildman–Crippen LogP) is 10.6. The molecule has 0 aromatic carbocycles. The molecule has 0 unspecified atom stereocenters. The van der Waals surface area contributed by atoms with Gasteiger partial charge in [0.25, 0.3) is 0 Å². The summed E-state index contributed by atoms with van der Waals surface area (Å²) in [7, 11) is 0. The highest BCUT2D eigenvalue weighted by molar-refractivity contribution is 8.19. The lowest BCUT2D eigenvalue weighted by atomic mass is 10.1. The summed E-state index contributed by atoms with van der Waals surface area (Å²) in [6, 6.07) is 0. The third-order valence-electron chi connectivity index (χ3n) is 6.44. The molecular formula is C30H60O4S2. The number of rotatable bonds is 26. The predicted molar refractivity (Wildman–Crippen MR) is 163 cm³/mol. The number of hydrogen-bond donors (Lipinski definition) is 2. The number of hydrogen-bond acceptors (Lipinski definition) is 4. The van der Waals surface area contributed by atoms with Crippen molar-refractivity contribution < 1.29 is 19.8 Å². The van der Waals surface area contributed by atoms with Crippen LogP contribution in [0.15, 0.2) is 0 Å². The van der Waals surface area contributed by atoms with Crippen LogP contribution in [0.5, 0.6) is 0 Å². The zero-order chi connectivity index (χ0) is 27.3. The highest BCUT2D eigenvalue weighted by Gasteiger charge is 2.33. The van der Waals surface area contributed by atoms with Crippen LogP contribution in [-0.4, -0.2) is 37.7 Å². The van der Waals surface area contributed by atoms with Crippen molar-refractivity contribution in [3.63, 3.8) is 0 Å². The van der Waals surface area contributed by atoms with E-state index in [1.165, 1.54) is 116 Å². The van der Waals surface area contributed by atoms with Gasteiger partial charge in [0, 0.05) is 6.42 Å². The van der Waals surface area contributed by atoms with Gasteiger partial charge in [-0.3, -0.25) is 4.79 Å². The molecule has 0 atom stereocenters. The van der Waals surface area contributed by atoms with Crippen LogP contribution in [0.2, 0.25) is 0 Å². The van der Waals surface area contributed by atoms with Gasteiger partial charge in [-0.2, -0.15) is 0 Å². The minimum Gasteiger partial charge on any atom is -0.481 e. The van der Waals surface area contributed by atoms with Crippen LogP contribution in [0, 0.1) is 0 Å². The Kier molecular flexibility index (Phi) is 30.7. The van der Waals surface area contributed by atoms with Crippen LogP contribution in [-0.2, 0) is 9.59 Å². The molecule has 2 N–H and O–H groups in total. The Balaban J connectivity index is 0. The average Bonchev–Trinajstić information content (AvgIpc) is 2.86. The van der Waals surface area contributed by atoms with Gasteiger partial charge in [-0.05, 0) is 31.3 Å². The van der Waals surface area contributed by atoms with Gasteiger partial charge in [-0.15, -0.1) is 23.5 Å². The first-order chi connectivity index (χ1) is 17.3. The van der Waals surface area contributed by atoms with Gasteiger partial charge < -0.3 is 10.2 Å². The number of thioether (sulfide) groups is 2. The second-order valence-corrected chi connectivity index (χ2v) is 13.3.